The third kappa shape index (κ3) is 1.74. The first-order valence-corrected chi connectivity index (χ1v) is 5.60. The summed E-state index contributed by atoms with van der Waals surface area (Å²) in [6, 6.07) is 8.46. The zero-order chi connectivity index (χ0) is 10.8. The summed E-state index contributed by atoms with van der Waals surface area (Å²) in [6.45, 7) is 4.28. The van der Waals surface area contributed by atoms with Crippen molar-refractivity contribution in [2.24, 2.45) is 0 Å². The predicted octanol–water partition coefficient (Wildman–Crippen LogP) is 3.84. The molecule has 1 aromatic carbocycles. The first-order chi connectivity index (χ1) is 7.24. The number of nitrogens with one attached hydrogen (secondary N) is 1. The van der Waals surface area contributed by atoms with Gasteiger partial charge in [-0.2, -0.15) is 0 Å². The highest BCUT2D eigenvalue weighted by Gasteiger charge is 2.20. The zero-order valence-electron chi connectivity index (χ0n) is 9.43. The molecule has 1 nitrogen and oxygen atoms in total. The topological polar surface area (TPSA) is 23.9 Å². The van der Waals surface area contributed by atoms with Crippen molar-refractivity contribution in [1.29, 1.82) is 5.41 Å². The molecular weight excluding hydrogens is 182 g/mol. The van der Waals surface area contributed by atoms with Gasteiger partial charge in [-0.1, -0.05) is 43.2 Å². The predicted molar refractivity (Wildman–Crippen MR) is 65.4 cm³/mol. The van der Waals surface area contributed by atoms with Gasteiger partial charge in [-0.05, 0) is 30.9 Å². The number of hydrogen-bond donors (Lipinski definition) is 1. The second-order valence-electron chi connectivity index (χ2n) is 4.22. The first-order valence-electron chi connectivity index (χ1n) is 5.60. The van der Waals surface area contributed by atoms with E-state index in [4.69, 9.17) is 5.41 Å². The van der Waals surface area contributed by atoms with Crippen LogP contribution < -0.4 is 0 Å². The highest BCUT2D eigenvalue weighted by atomic mass is 14.4. The van der Waals surface area contributed by atoms with Crippen LogP contribution in [0.1, 0.15) is 37.8 Å². The van der Waals surface area contributed by atoms with Gasteiger partial charge in [0.1, 0.15) is 0 Å². The van der Waals surface area contributed by atoms with Gasteiger partial charge in [0.05, 0.1) is 0 Å². The molecule has 1 aromatic rings. The standard InChI is InChI=1S/C14H17N/c1-3-6-13(15)14-10(2)9-11-7-4-5-8-12(11)14/h4-5,7-8,15H,3,6,9H2,1-2H3. The Kier molecular flexibility index (Phi) is 2.72. The SMILES string of the molecule is CCCC(=N)C1=C(C)Cc2ccccc21. The lowest BCUT2D eigenvalue weighted by Crippen LogP contribution is -1.99. The van der Waals surface area contributed by atoms with Gasteiger partial charge in [-0.15, -0.1) is 0 Å². The molecule has 0 radical (unpaired) electrons. The first kappa shape index (κ1) is 10.2. The van der Waals surface area contributed by atoms with Gasteiger partial charge in [0.15, 0.2) is 0 Å². The Morgan fingerprint density at radius 2 is 2.07 bits per heavy atom. The summed E-state index contributed by atoms with van der Waals surface area (Å²) in [6.07, 6.45) is 2.97. The third-order valence-electron chi connectivity index (χ3n) is 2.97. The maximum absolute atomic E-state index is 8.09. The van der Waals surface area contributed by atoms with Gasteiger partial charge in [0.25, 0.3) is 0 Å². The largest absolute Gasteiger partial charge is 0.305 e. The van der Waals surface area contributed by atoms with Crippen LogP contribution in [0.4, 0.5) is 0 Å². The molecule has 0 aromatic heterocycles. The summed E-state index contributed by atoms with van der Waals surface area (Å²) in [7, 11) is 0. The highest BCUT2D eigenvalue weighted by Crippen LogP contribution is 2.33. The normalized spacial score (nSPS) is 14.3. The van der Waals surface area contributed by atoms with E-state index in [0.717, 1.165) is 25.0 Å². The highest BCUT2D eigenvalue weighted by molar-refractivity contribution is 6.24. The monoisotopic (exact) mass is 199 g/mol. The van der Waals surface area contributed by atoms with Crippen molar-refractivity contribution in [1.82, 2.24) is 0 Å². The molecule has 0 heterocycles. The zero-order valence-corrected chi connectivity index (χ0v) is 9.43. The Balaban J connectivity index is 2.40. The number of allylic oxidation sites excluding steroid dienone is 2. The Labute approximate surface area is 91.3 Å². The maximum atomic E-state index is 8.09. The number of rotatable bonds is 3. The van der Waals surface area contributed by atoms with Crippen molar-refractivity contribution in [3.63, 3.8) is 0 Å². The summed E-state index contributed by atoms with van der Waals surface area (Å²) >= 11 is 0. The molecule has 0 aliphatic heterocycles. The fraction of sp³-hybridized carbons (Fsp3) is 0.357. The molecule has 2 rings (SSSR count). The fourth-order valence-corrected chi connectivity index (χ4v) is 2.32. The van der Waals surface area contributed by atoms with Crippen molar-refractivity contribution in [3.8, 4) is 0 Å². The minimum absolute atomic E-state index is 0.806. The van der Waals surface area contributed by atoms with E-state index in [2.05, 4.69) is 38.1 Å². The molecule has 0 atom stereocenters. The second-order valence-corrected chi connectivity index (χ2v) is 4.22. The molecule has 1 N–H and O–H groups in total. The van der Waals surface area contributed by atoms with Gasteiger partial charge in [0, 0.05) is 11.3 Å². The Bertz CT molecular complexity index is 427. The minimum atomic E-state index is 0.806. The molecule has 0 fully saturated rings. The van der Waals surface area contributed by atoms with E-state index in [1.807, 2.05) is 0 Å². The Morgan fingerprint density at radius 3 is 2.80 bits per heavy atom. The van der Waals surface area contributed by atoms with Gasteiger partial charge in [0.2, 0.25) is 0 Å². The molecule has 1 aliphatic carbocycles. The lowest BCUT2D eigenvalue weighted by atomic mass is 9.98. The summed E-state index contributed by atoms with van der Waals surface area (Å²) in [5.74, 6) is 0. The van der Waals surface area contributed by atoms with Crippen LogP contribution >= 0.6 is 0 Å². The van der Waals surface area contributed by atoms with Crippen LogP contribution in [0.25, 0.3) is 5.57 Å². The van der Waals surface area contributed by atoms with Gasteiger partial charge < -0.3 is 5.41 Å². The maximum Gasteiger partial charge on any atom is 0.0391 e. The Morgan fingerprint density at radius 1 is 1.33 bits per heavy atom. The molecule has 1 aliphatic rings. The van der Waals surface area contributed by atoms with Crippen molar-refractivity contribution >= 4 is 11.3 Å². The fourth-order valence-electron chi connectivity index (χ4n) is 2.32. The molecule has 15 heavy (non-hydrogen) atoms. The molecule has 0 unspecified atom stereocenters. The van der Waals surface area contributed by atoms with Gasteiger partial charge in [-0.25, -0.2) is 0 Å². The van der Waals surface area contributed by atoms with E-state index >= 15 is 0 Å². The molecule has 0 amide bonds. The second kappa shape index (κ2) is 4.01. The van der Waals surface area contributed by atoms with Crippen molar-refractivity contribution in [3.05, 3.63) is 41.0 Å². The van der Waals surface area contributed by atoms with Crippen LogP contribution in [0.2, 0.25) is 0 Å². The van der Waals surface area contributed by atoms with Crippen molar-refractivity contribution in [2.45, 2.75) is 33.1 Å². The summed E-state index contributed by atoms with van der Waals surface area (Å²) in [5, 5.41) is 8.09. The average Bonchev–Trinajstić information content (AvgIpc) is 2.54. The molecule has 78 valence electrons. The molecule has 0 spiro atoms. The molecule has 1 heteroatoms. The lowest BCUT2D eigenvalue weighted by Gasteiger charge is -2.07. The van der Waals surface area contributed by atoms with Gasteiger partial charge in [-0.3, -0.25) is 0 Å². The summed E-state index contributed by atoms with van der Waals surface area (Å²) in [5.41, 5.74) is 6.03. The van der Waals surface area contributed by atoms with Gasteiger partial charge >= 0.3 is 0 Å². The quantitative estimate of drug-likeness (QED) is 0.715. The van der Waals surface area contributed by atoms with Crippen LogP contribution in [-0.4, -0.2) is 5.71 Å². The average molecular weight is 199 g/mol. The minimum Gasteiger partial charge on any atom is -0.305 e. The third-order valence-corrected chi connectivity index (χ3v) is 2.97. The van der Waals surface area contributed by atoms with E-state index in [1.54, 1.807) is 0 Å². The van der Waals surface area contributed by atoms with E-state index in [9.17, 15) is 0 Å². The number of fused-ring (bicyclic) bond motifs is 1. The van der Waals surface area contributed by atoms with Crippen LogP contribution in [0, 0.1) is 5.41 Å². The lowest BCUT2D eigenvalue weighted by molar-refractivity contribution is 0.991. The molecule has 0 saturated heterocycles. The van der Waals surface area contributed by atoms with Crippen molar-refractivity contribution in [2.75, 3.05) is 0 Å². The smallest absolute Gasteiger partial charge is 0.0391 e. The van der Waals surface area contributed by atoms with Crippen molar-refractivity contribution < 1.29 is 0 Å². The van der Waals surface area contributed by atoms with E-state index in [1.165, 1.54) is 22.3 Å². The molecule has 0 saturated carbocycles. The van der Waals surface area contributed by atoms with E-state index in [-0.39, 0.29) is 0 Å². The van der Waals surface area contributed by atoms with E-state index < -0.39 is 0 Å². The van der Waals surface area contributed by atoms with Crippen LogP contribution in [0.15, 0.2) is 29.8 Å². The van der Waals surface area contributed by atoms with Crippen LogP contribution in [0.3, 0.4) is 0 Å². The Hall–Kier alpha value is -1.37. The summed E-state index contributed by atoms with van der Waals surface area (Å²) < 4.78 is 0. The van der Waals surface area contributed by atoms with Crippen LogP contribution in [-0.2, 0) is 6.42 Å². The number of benzene rings is 1. The number of hydrogen-bond acceptors (Lipinski definition) is 1. The molecule has 0 bridgehead atoms. The molecular formula is C14H17N. The van der Waals surface area contributed by atoms with E-state index in [0.29, 0.717) is 0 Å². The summed E-state index contributed by atoms with van der Waals surface area (Å²) in [4.78, 5) is 0. The van der Waals surface area contributed by atoms with Crippen LogP contribution in [0.5, 0.6) is 0 Å².